The minimum absolute atomic E-state index is 0.0180. The zero-order valence-corrected chi connectivity index (χ0v) is 23.2. The lowest BCUT2D eigenvalue weighted by molar-refractivity contribution is 0.182. The van der Waals surface area contributed by atoms with Crippen molar-refractivity contribution in [2.24, 2.45) is 5.92 Å². The molecule has 1 heterocycles. The molecule has 1 fully saturated rings. The Bertz CT molecular complexity index is 1230. The van der Waals surface area contributed by atoms with Gasteiger partial charge >= 0.3 is 6.03 Å². The minimum Gasteiger partial charge on any atom is -0.486 e. The monoisotopic (exact) mass is 510 g/mol. The zero-order valence-electron chi connectivity index (χ0n) is 23.2. The molecule has 0 bridgehead atoms. The maximum atomic E-state index is 13.5. The van der Waals surface area contributed by atoms with Gasteiger partial charge < -0.3 is 10.1 Å². The molecule has 4 heteroatoms. The van der Waals surface area contributed by atoms with Crippen molar-refractivity contribution in [2.75, 3.05) is 16.8 Å². The molecule has 2 aliphatic rings. The largest absolute Gasteiger partial charge is 0.486 e. The van der Waals surface area contributed by atoms with Crippen LogP contribution in [0, 0.1) is 5.92 Å². The Kier molecular flexibility index (Phi) is 8.36. The van der Waals surface area contributed by atoms with Crippen molar-refractivity contribution < 1.29 is 9.53 Å². The first-order valence-electron chi connectivity index (χ1n) is 14.7. The highest BCUT2D eigenvalue weighted by molar-refractivity contribution is 6.03. The van der Waals surface area contributed by atoms with E-state index in [0.29, 0.717) is 12.5 Å². The molecule has 0 aromatic heterocycles. The van der Waals surface area contributed by atoms with Gasteiger partial charge in [-0.1, -0.05) is 82.1 Å². The molecule has 3 aromatic carbocycles. The Morgan fingerprint density at radius 2 is 1.66 bits per heavy atom. The third-order valence-electron chi connectivity index (χ3n) is 8.57. The fourth-order valence-corrected chi connectivity index (χ4v) is 6.18. The summed E-state index contributed by atoms with van der Waals surface area (Å²) in [5.41, 5.74) is 6.62. The molecule has 1 unspecified atom stereocenters. The van der Waals surface area contributed by atoms with E-state index >= 15 is 0 Å². The first kappa shape index (κ1) is 26.3. The lowest BCUT2D eigenvalue weighted by atomic mass is 9.77. The molecule has 2 amide bonds. The van der Waals surface area contributed by atoms with Gasteiger partial charge in [-0.25, -0.2) is 4.79 Å². The van der Waals surface area contributed by atoms with Crippen molar-refractivity contribution in [1.29, 1.82) is 0 Å². The van der Waals surface area contributed by atoms with E-state index in [1.54, 1.807) is 0 Å². The first-order chi connectivity index (χ1) is 18.6. The number of hydrogen-bond donors (Lipinski definition) is 1. The van der Waals surface area contributed by atoms with E-state index in [2.05, 4.69) is 68.6 Å². The number of rotatable bonds is 7. The maximum absolute atomic E-state index is 13.5. The van der Waals surface area contributed by atoms with Crippen LogP contribution in [-0.4, -0.2) is 18.7 Å². The standard InChI is InChI=1S/C34H42N2O2/c1-4-9-30-23-36(34(37)35-31-11-8-7-10-25(31)6-3)32-21-20-29(22-33(32)38-30)28-18-16-27(17-19-28)26-14-12-24(5-2)13-15-26/h7-8,10-11,16-22,24,26,30H,4-6,9,12-15,23H2,1-3H3,(H,35,37). The highest BCUT2D eigenvalue weighted by atomic mass is 16.5. The van der Waals surface area contributed by atoms with Gasteiger partial charge in [-0.15, -0.1) is 0 Å². The minimum atomic E-state index is -0.105. The number of anilines is 2. The highest BCUT2D eigenvalue weighted by Crippen LogP contribution is 2.40. The Balaban J connectivity index is 1.36. The van der Waals surface area contributed by atoms with E-state index < -0.39 is 0 Å². The predicted molar refractivity (Wildman–Crippen MR) is 158 cm³/mol. The third kappa shape index (κ3) is 5.75. The van der Waals surface area contributed by atoms with Crippen LogP contribution in [-0.2, 0) is 6.42 Å². The Labute approximate surface area is 228 Å². The molecule has 1 N–H and O–H groups in total. The molecule has 4 nitrogen and oxygen atoms in total. The summed E-state index contributed by atoms with van der Waals surface area (Å²) >= 11 is 0. The van der Waals surface area contributed by atoms with Gasteiger partial charge in [-0.05, 0) is 90.8 Å². The van der Waals surface area contributed by atoms with E-state index in [9.17, 15) is 4.79 Å². The number of hydrogen-bond acceptors (Lipinski definition) is 2. The van der Waals surface area contributed by atoms with E-state index in [-0.39, 0.29) is 12.1 Å². The molecule has 1 atom stereocenters. The van der Waals surface area contributed by atoms with Gasteiger partial charge in [0.15, 0.2) is 0 Å². The molecule has 0 spiro atoms. The Hall–Kier alpha value is -3.27. The summed E-state index contributed by atoms with van der Waals surface area (Å²) in [5, 5.41) is 3.16. The number of aryl methyl sites for hydroxylation is 1. The van der Waals surface area contributed by atoms with Crippen LogP contribution in [0.1, 0.15) is 82.8 Å². The zero-order chi connectivity index (χ0) is 26.5. The summed E-state index contributed by atoms with van der Waals surface area (Å²) < 4.78 is 6.43. The number of amides is 2. The van der Waals surface area contributed by atoms with Crippen LogP contribution in [0.15, 0.2) is 66.7 Å². The number of fused-ring (bicyclic) bond motifs is 1. The molecule has 1 aliphatic carbocycles. The van der Waals surface area contributed by atoms with Gasteiger partial charge in [0.2, 0.25) is 0 Å². The fraction of sp³-hybridized carbons (Fsp3) is 0.441. The maximum Gasteiger partial charge on any atom is 0.326 e. The highest BCUT2D eigenvalue weighted by Gasteiger charge is 2.30. The van der Waals surface area contributed by atoms with Crippen molar-refractivity contribution >= 4 is 17.4 Å². The summed E-state index contributed by atoms with van der Waals surface area (Å²) in [6, 6.07) is 23.3. The van der Waals surface area contributed by atoms with Crippen molar-refractivity contribution in [3.63, 3.8) is 0 Å². The molecule has 1 saturated carbocycles. The van der Waals surface area contributed by atoms with Crippen LogP contribution in [0.4, 0.5) is 16.2 Å². The summed E-state index contributed by atoms with van der Waals surface area (Å²) in [4.78, 5) is 15.3. The number of nitrogens with zero attached hydrogens (tertiary/aromatic N) is 1. The molecule has 3 aromatic rings. The molecule has 200 valence electrons. The normalized spacial score (nSPS) is 20.9. The summed E-state index contributed by atoms with van der Waals surface area (Å²) in [7, 11) is 0. The number of carbonyl (C=O) groups excluding carboxylic acids is 1. The average molecular weight is 511 g/mol. The van der Waals surface area contributed by atoms with Gasteiger partial charge in [0.25, 0.3) is 0 Å². The summed E-state index contributed by atoms with van der Waals surface area (Å²) in [6.07, 6.45) is 9.43. The van der Waals surface area contributed by atoms with Crippen molar-refractivity contribution in [3.8, 4) is 16.9 Å². The van der Waals surface area contributed by atoms with Gasteiger partial charge in [0, 0.05) is 5.69 Å². The average Bonchev–Trinajstić information content (AvgIpc) is 2.97. The number of nitrogens with one attached hydrogen (secondary N) is 1. The van der Waals surface area contributed by atoms with E-state index in [0.717, 1.165) is 53.4 Å². The lowest BCUT2D eigenvalue weighted by Gasteiger charge is -2.35. The van der Waals surface area contributed by atoms with Crippen LogP contribution in [0.2, 0.25) is 0 Å². The molecule has 5 rings (SSSR count). The van der Waals surface area contributed by atoms with Crippen LogP contribution < -0.4 is 15.0 Å². The van der Waals surface area contributed by atoms with Crippen molar-refractivity contribution in [3.05, 3.63) is 77.9 Å². The third-order valence-corrected chi connectivity index (χ3v) is 8.57. The van der Waals surface area contributed by atoms with Gasteiger partial charge in [-0.2, -0.15) is 0 Å². The van der Waals surface area contributed by atoms with Crippen LogP contribution in [0.25, 0.3) is 11.1 Å². The lowest BCUT2D eigenvalue weighted by Crippen LogP contribution is -2.45. The SMILES string of the molecule is CCCC1CN(C(=O)Nc2ccccc2CC)c2ccc(-c3ccc(C4CCC(CC)CC4)cc3)cc2O1. The number of carbonyl (C=O) groups is 1. The topological polar surface area (TPSA) is 41.6 Å². The van der Waals surface area contributed by atoms with Crippen LogP contribution in [0.5, 0.6) is 5.75 Å². The van der Waals surface area contributed by atoms with E-state index in [1.807, 2.05) is 29.2 Å². The van der Waals surface area contributed by atoms with Gasteiger partial charge in [-0.3, -0.25) is 4.90 Å². The number of benzene rings is 3. The second-order valence-electron chi connectivity index (χ2n) is 11.0. The second-order valence-corrected chi connectivity index (χ2v) is 11.0. The Morgan fingerprint density at radius 1 is 0.921 bits per heavy atom. The van der Waals surface area contributed by atoms with Gasteiger partial charge in [0.1, 0.15) is 11.9 Å². The predicted octanol–water partition coefficient (Wildman–Crippen LogP) is 9.20. The summed E-state index contributed by atoms with van der Waals surface area (Å²) in [6.45, 7) is 7.14. The molecule has 1 aliphatic heterocycles. The molecule has 0 radical (unpaired) electrons. The summed E-state index contributed by atoms with van der Waals surface area (Å²) in [5.74, 6) is 2.40. The fourth-order valence-electron chi connectivity index (χ4n) is 6.18. The number of ether oxygens (including phenoxy) is 1. The van der Waals surface area contributed by atoms with E-state index in [1.165, 1.54) is 43.2 Å². The molecular formula is C34H42N2O2. The number of para-hydroxylation sites is 1. The molecule has 0 saturated heterocycles. The number of urea groups is 1. The smallest absolute Gasteiger partial charge is 0.326 e. The van der Waals surface area contributed by atoms with Gasteiger partial charge in [0.05, 0.1) is 12.2 Å². The van der Waals surface area contributed by atoms with Crippen LogP contribution in [0.3, 0.4) is 0 Å². The second kappa shape index (κ2) is 12.1. The Morgan fingerprint density at radius 3 is 2.37 bits per heavy atom. The van der Waals surface area contributed by atoms with Crippen molar-refractivity contribution in [2.45, 2.75) is 84.2 Å². The van der Waals surface area contributed by atoms with Crippen molar-refractivity contribution in [1.82, 2.24) is 0 Å². The molecule has 38 heavy (non-hydrogen) atoms. The quantitative estimate of drug-likeness (QED) is 0.344. The van der Waals surface area contributed by atoms with Crippen LogP contribution >= 0.6 is 0 Å². The first-order valence-corrected chi connectivity index (χ1v) is 14.7. The van der Waals surface area contributed by atoms with E-state index in [4.69, 9.17) is 4.74 Å². The molecular weight excluding hydrogens is 468 g/mol.